The molecule has 0 aliphatic rings. The maximum Gasteiger partial charge on any atom is 0.335 e. The summed E-state index contributed by atoms with van der Waals surface area (Å²) < 4.78 is 0. The van der Waals surface area contributed by atoms with Gasteiger partial charge in [-0.05, 0) is 35.4 Å². The van der Waals surface area contributed by atoms with Crippen LogP contribution >= 0.6 is 0 Å². The van der Waals surface area contributed by atoms with Crippen LogP contribution in [-0.2, 0) is 12.8 Å². The summed E-state index contributed by atoms with van der Waals surface area (Å²) in [5.41, 5.74) is 2.28. The number of hydrogen-bond donors (Lipinski definition) is 3. The van der Waals surface area contributed by atoms with Gasteiger partial charge >= 0.3 is 11.9 Å². The van der Waals surface area contributed by atoms with Gasteiger partial charge in [-0.1, -0.05) is 24.3 Å². The number of carboxylic acids is 2. The first-order valence-electron chi connectivity index (χ1n) is 6.66. The molecule has 0 unspecified atom stereocenters. The molecule has 2 aromatic rings. The van der Waals surface area contributed by atoms with Gasteiger partial charge in [0.2, 0.25) is 0 Å². The molecule has 0 amide bonds. The SMILES string of the molecule is N=C(Cc1cccc(C(=O)O)c1)Cc1cccc(C(=O)O)c1. The molecule has 0 heterocycles. The number of benzene rings is 2. The second-order valence-electron chi connectivity index (χ2n) is 4.97. The Labute approximate surface area is 127 Å². The second-order valence-corrected chi connectivity index (χ2v) is 4.97. The highest BCUT2D eigenvalue weighted by molar-refractivity contribution is 5.90. The molecular formula is C17H15NO4. The Morgan fingerprint density at radius 1 is 0.818 bits per heavy atom. The highest BCUT2D eigenvalue weighted by Crippen LogP contribution is 2.11. The molecule has 3 N–H and O–H groups in total. The van der Waals surface area contributed by atoms with Crippen LogP contribution in [0.25, 0.3) is 0 Å². The first kappa shape index (κ1) is 15.4. The molecule has 0 saturated heterocycles. The zero-order valence-corrected chi connectivity index (χ0v) is 11.7. The van der Waals surface area contributed by atoms with Crippen molar-refractivity contribution in [1.82, 2.24) is 0 Å². The van der Waals surface area contributed by atoms with Crippen molar-refractivity contribution in [2.45, 2.75) is 12.8 Å². The molecule has 0 aliphatic heterocycles. The van der Waals surface area contributed by atoms with Gasteiger partial charge in [0.25, 0.3) is 0 Å². The van der Waals surface area contributed by atoms with E-state index in [0.717, 1.165) is 11.1 Å². The lowest BCUT2D eigenvalue weighted by Crippen LogP contribution is -2.07. The van der Waals surface area contributed by atoms with Crippen molar-refractivity contribution in [3.63, 3.8) is 0 Å². The van der Waals surface area contributed by atoms with Crippen molar-refractivity contribution < 1.29 is 19.8 Å². The summed E-state index contributed by atoms with van der Waals surface area (Å²) in [4.78, 5) is 21.8. The van der Waals surface area contributed by atoms with Crippen molar-refractivity contribution in [2.75, 3.05) is 0 Å². The maximum absolute atomic E-state index is 10.9. The monoisotopic (exact) mass is 297 g/mol. The van der Waals surface area contributed by atoms with Gasteiger partial charge in [0.15, 0.2) is 0 Å². The van der Waals surface area contributed by atoms with Gasteiger partial charge in [-0.2, -0.15) is 0 Å². The highest BCUT2D eigenvalue weighted by atomic mass is 16.4. The molecule has 0 saturated carbocycles. The fourth-order valence-electron chi connectivity index (χ4n) is 2.18. The van der Waals surface area contributed by atoms with Crippen LogP contribution in [0.3, 0.4) is 0 Å². The van der Waals surface area contributed by atoms with E-state index >= 15 is 0 Å². The topological polar surface area (TPSA) is 98.5 Å². The van der Waals surface area contributed by atoms with Gasteiger partial charge in [-0.15, -0.1) is 0 Å². The summed E-state index contributed by atoms with van der Waals surface area (Å²) in [6.07, 6.45) is 0.664. The Balaban J connectivity index is 2.07. The minimum atomic E-state index is -0.998. The van der Waals surface area contributed by atoms with E-state index in [1.807, 2.05) is 0 Å². The largest absolute Gasteiger partial charge is 0.478 e. The van der Waals surface area contributed by atoms with Gasteiger partial charge < -0.3 is 15.6 Å². The molecule has 0 aromatic heterocycles. The standard InChI is InChI=1S/C17H15NO4/c18-15(9-11-3-1-5-13(7-11)16(19)20)10-12-4-2-6-14(8-12)17(21)22/h1-8,18H,9-10H2,(H,19,20)(H,21,22). The Kier molecular flexibility index (Phi) is 4.68. The van der Waals surface area contributed by atoms with Gasteiger partial charge in [0, 0.05) is 18.6 Å². The lowest BCUT2D eigenvalue weighted by Gasteiger charge is -2.06. The van der Waals surface area contributed by atoms with Crippen LogP contribution in [0.2, 0.25) is 0 Å². The van der Waals surface area contributed by atoms with E-state index in [2.05, 4.69) is 0 Å². The van der Waals surface area contributed by atoms with Crippen LogP contribution in [0.15, 0.2) is 48.5 Å². The van der Waals surface area contributed by atoms with Crippen LogP contribution in [-0.4, -0.2) is 27.9 Å². The minimum absolute atomic E-state index is 0.193. The maximum atomic E-state index is 10.9. The van der Waals surface area contributed by atoms with Gasteiger partial charge in [-0.25, -0.2) is 9.59 Å². The Hall–Kier alpha value is -2.95. The number of carboxylic acid groups (broad SMARTS) is 2. The van der Waals surface area contributed by atoms with Gasteiger partial charge in [0.05, 0.1) is 11.1 Å². The predicted octanol–water partition coefficient (Wildman–Crippen LogP) is 2.89. The van der Waals surface area contributed by atoms with E-state index in [1.165, 1.54) is 12.1 Å². The summed E-state index contributed by atoms with van der Waals surface area (Å²) >= 11 is 0. The molecule has 0 fully saturated rings. The second kappa shape index (κ2) is 6.67. The molecule has 2 rings (SSSR count). The third-order valence-electron chi connectivity index (χ3n) is 3.18. The van der Waals surface area contributed by atoms with E-state index in [9.17, 15) is 9.59 Å². The van der Waals surface area contributed by atoms with Crippen LogP contribution in [0.1, 0.15) is 31.8 Å². The number of hydrogen-bond acceptors (Lipinski definition) is 3. The Morgan fingerprint density at radius 2 is 1.23 bits per heavy atom. The van der Waals surface area contributed by atoms with E-state index < -0.39 is 11.9 Å². The van der Waals surface area contributed by atoms with Crippen LogP contribution < -0.4 is 0 Å². The summed E-state index contributed by atoms with van der Waals surface area (Å²) in [6.45, 7) is 0. The number of nitrogens with one attached hydrogen (secondary N) is 1. The average molecular weight is 297 g/mol. The van der Waals surface area contributed by atoms with E-state index in [-0.39, 0.29) is 11.1 Å². The molecule has 0 aliphatic carbocycles. The van der Waals surface area contributed by atoms with Crippen molar-refractivity contribution in [1.29, 1.82) is 5.41 Å². The quantitative estimate of drug-likeness (QED) is 0.714. The van der Waals surface area contributed by atoms with Crippen molar-refractivity contribution in [3.05, 3.63) is 70.8 Å². The molecule has 112 valence electrons. The number of rotatable bonds is 6. The van der Waals surface area contributed by atoms with Crippen molar-refractivity contribution in [2.24, 2.45) is 0 Å². The summed E-state index contributed by atoms with van der Waals surface area (Å²) in [5.74, 6) is -2.00. The molecule has 0 spiro atoms. The molecule has 22 heavy (non-hydrogen) atoms. The number of carbonyl (C=O) groups is 2. The summed E-state index contributed by atoms with van der Waals surface area (Å²) in [7, 11) is 0. The van der Waals surface area contributed by atoms with Crippen molar-refractivity contribution in [3.8, 4) is 0 Å². The first-order chi connectivity index (χ1) is 10.5. The summed E-state index contributed by atoms with van der Waals surface area (Å²) in [5, 5.41) is 25.9. The van der Waals surface area contributed by atoms with E-state index in [4.69, 9.17) is 15.6 Å². The molecule has 5 heteroatoms. The summed E-state index contributed by atoms with van der Waals surface area (Å²) in [6, 6.07) is 12.9. The fourth-order valence-corrected chi connectivity index (χ4v) is 2.18. The Morgan fingerprint density at radius 3 is 1.59 bits per heavy atom. The molecule has 0 atom stereocenters. The number of aromatic carboxylic acids is 2. The van der Waals surface area contributed by atoms with Gasteiger partial charge in [0.1, 0.15) is 0 Å². The van der Waals surface area contributed by atoms with E-state index in [0.29, 0.717) is 18.6 Å². The molecule has 0 radical (unpaired) electrons. The molecule has 5 nitrogen and oxygen atoms in total. The van der Waals surface area contributed by atoms with Crippen LogP contribution in [0.5, 0.6) is 0 Å². The zero-order chi connectivity index (χ0) is 16.1. The van der Waals surface area contributed by atoms with Gasteiger partial charge in [-0.3, -0.25) is 0 Å². The zero-order valence-electron chi connectivity index (χ0n) is 11.7. The minimum Gasteiger partial charge on any atom is -0.478 e. The smallest absolute Gasteiger partial charge is 0.335 e. The fraction of sp³-hybridized carbons (Fsp3) is 0.118. The molecular weight excluding hydrogens is 282 g/mol. The molecule has 0 bridgehead atoms. The Bertz CT molecular complexity index is 675. The average Bonchev–Trinajstić information content (AvgIpc) is 2.47. The predicted molar refractivity (Wildman–Crippen MR) is 81.9 cm³/mol. The third-order valence-corrected chi connectivity index (χ3v) is 3.18. The van der Waals surface area contributed by atoms with Crippen LogP contribution in [0.4, 0.5) is 0 Å². The lowest BCUT2D eigenvalue weighted by atomic mass is 9.99. The lowest BCUT2D eigenvalue weighted by molar-refractivity contribution is 0.0686. The van der Waals surface area contributed by atoms with Crippen LogP contribution in [0, 0.1) is 5.41 Å². The highest BCUT2D eigenvalue weighted by Gasteiger charge is 2.08. The first-order valence-corrected chi connectivity index (χ1v) is 6.66. The van der Waals surface area contributed by atoms with E-state index in [1.54, 1.807) is 36.4 Å². The molecule has 2 aromatic carbocycles. The van der Waals surface area contributed by atoms with Crippen molar-refractivity contribution >= 4 is 17.7 Å². The third kappa shape index (κ3) is 4.02. The normalized spacial score (nSPS) is 10.2.